The number of rotatable bonds is 8. The van der Waals surface area contributed by atoms with Crippen LogP contribution in [0.4, 0.5) is 13.2 Å². The highest BCUT2D eigenvalue weighted by molar-refractivity contribution is 5.75. The van der Waals surface area contributed by atoms with E-state index >= 15 is 0 Å². The minimum atomic E-state index is -4.39. The number of carbonyl (C=O) groups is 1. The van der Waals surface area contributed by atoms with E-state index in [2.05, 4.69) is 10.3 Å². The minimum absolute atomic E-state index is 0.127. The number of nitrogens with one attached hydrogen (secondary N) is 1. The number of benzene rings is 2. The van der Waals surface area contributed by atoms with Crippen LogP contribution in [0.3, 0.4) is 0 Å². The third-order valence-corrected chi connectivity index (χ3v) is 4.45. The molecule has 0 saturated heterocycles. The van der Waals surface area contributed by atoms with Crippen molar-refractivity contribution in [3.8, 4) is 11.3 Å². The molecule has 1 aromatic heterocycles. The van der Waals surface area contributed by atoms with Crippen LogP contribution < -0.4 is 5.32 Å². The van der Waals surface area contributed by atoms with Gasteiger partial charge in [0.05, 0.1) is 11.8 Å². The third-order valence-electron chi connectivity index (χ3n) is 4.45. The number of alkyl halides is 3. The highest BCUT2D eigenvalue weighted by atomic mass is 19.4. The van der Waals surface area contributed by atoms with Crippen molar-refractivity contribution in [2.24, 2.45) is 0 Å². The van der Waals surface area contributed by atoms with Gasteiger partial charge in [-0.05, 0) is 24.5 Å². The largest absolute Gasteiger partial charge is 0.441 e. The van der Waals surface area contributed by atoms with E-state index in [-0.39, 0.29) is 30.9 Å². The van der Waals surface area contributed by atoms with E-state index in [0.29, 0.717) is 24.5 Å². The highest BCUT2D eigenvalue weighted by Crippen LogP contribution is 2.31. The molecular formula is C22H21F3N2O2. The van der Waals surface area contributed by atoms with Crippen LogP contribution in [-0.2, 0) is 23.8 Å². The summed E-state index contributed by atoms with van der Waals surface area (Å²) in [6.07, 6.45) is -1.31. The maximum Gasteiger partial charge on any atom is 0.416 e. The van der Waals surface area contributed by atoms with Gasteiger partial charge in [0, 0.05) is 24.9 Å². The molecule has 0 radical (unpaired) electrons. The van der Waals surface area contributed by atoms with Crippen molar-refractivity contribution in [3.63, 3.8) is 0 Å². The fourth-order valence-corrected chi connectivity index (χ4v) is 3.00. The molecule has 1 N–H and O–H groups in total. The lowest BCUT2D eigenvalue weighted by atomic mass is 10.0. The lowest BCUT2D eigenvalue weighted by Gasteiger charge is -2.12. The molecule has 7 heteroatoms. The van der Waals surface area contributed by atoms with Crippen LogP contribution in [0.25, 0.3) is 11.3 Å². The van der Waals surface area contributed by atoms with Crippen LogP contribution in [0, 0.1) is 0 Å². The molecule has 0 spiro atoms. The number of amides is 1. The molecular weight excluding hydrogens is 381 g/mol. The molecule has 3 aromatic rings. The average Bonchev–Trinajstić information content (AvgIpc) is 3.17. The summed E-state index contributed by atoms with van der Waals surface area (Å²) in [5.41, 5.74) is 0.448. The van der Waals surface area contributed by atoms with Crippen LogP contribution in [0.5, 0.6) is 0 Å². The molecule has 0 bridgehead atoms. The second kappa shape index (κ2) is 9.41. The fourth-order valence-electron chi connectivity index (χ4n) is 3.00. The molecule has 3 rings (SSSR count). The van der Waals surface area contributed by atoms with E-state index in [0.717, 1.165) is 11.6 Å². The van der Waals surface area contributed by atoms with E-state index < -0.39 is 11.7 Å². The van der Waals surface area contributed by atoms with Crippen LogP contribution in [0.15, 0.2) is 65.2 Å². The van der Waals surface area contributed by atoms with Crippen molar-refractivity contribution in [2.75, 3.05) is 6.54 Å². The van der Waals surface area contributed by atoms with Crippen molar-refractivity contribution in [1.82, 2.24) is 10.3 Å². The lowest BCUT2D eigenvalue weighted by Crippen LogP contribution is -2.26. The van der Waals surface area contributed by atoms with Crippen LogP contribution in [0.1, 0.15) is 29.9 Å². The summed E-state index contributed by atoms with van der Waals surface area (Å²) in [5, 5.41) is 2.67. The average molecular weight is 402 g/mol. The summed E-state index contributed by atoms with van der Waals surface area (Å²) in [7, 11) is 0. The Morgan fingerprint density at radius 3 is 2.48 bits per heavy atom. The van der Waals surface area contributed by atoms with Gasteiger partial charge in [0.2, 0.25) is 5.91 Å². The summed E-state index contributed by atoms with van der Waals surface area (Å²) in [6, 6.07) is 15.0. The molecule has 4 nitrogen and oxygen atoms in total. The standard InChI is InChI=1S/C22H21F3N2O2/c23-22(24,25)18-10-5-4-7-16(18)13-14-26-20(28)11-6-12-21-27-15-19(29-21)17-8-2-1-3-9-17/h1-5,7-10,15H,6,11-14H2,(H,26,28). The molecule has 29 heavy (non-hydrogen) atoms. The summed E-state index contributed by atoms with van der Waals surface area (Å²) >= 11 is 0. The zero-order valence-corrected chi connectivity index (χ0v) is 15.7. The molecule has 0 saturated carbocycles. The van der Waals surface area contributed by atoms with Gasteiger partial charge in [-0.15, -0.1) is 0 Å². The molecule has 0 unspecified atom stereocenters. The van der Waals surface area contributed by atoms with Crippen LogP contribution >= 0.6 is 0 Å². The van der Waals surface area contributed by atoms with Crippen molar-refractivity contribution in [1.29, 1.82) is 0 Å². The Morgan fingerprint density at radius 1 is 1.00 bits per heavy atom. The van der Waals surface area contributed by atoms with E-state index in [9.17, 15) is 18.0 Å². The SMILES string of the molecule is O=C(CCCc1ncc(-c2ccccc2)o1)NCCc1ccccc1C(F)(F)F. The van der Waals surface area contributed by atoms with E-state index in [4.69, 9.17) is 4.42 Å². The molecule has 0 aliphatic rings. The molecule has 0 atom stereocenters. The first-order chi connectivity index (χ1) is 13.9. The van der Waals surface area contributed by atoms with E-state index in [1.807, 2.05) is 30.3 Å². The topological polar surface area (TPSA) is 55.1 Å². The Hall–Kier alpha value is -3.09. The number of carbonyl (C=O) groups excluding carboxylic acids is 1. The second-order valence-electron chi connectivity index (χ2n) is 6.59. The Morgan fingerprint density at radius 2 is 1.72 bits per heavy atom. The van der Waals surface area contributed by atoms with Gasteiger partial charge >= 0.3 is 6.18 Å². The lowest BCUT2D eigenvalue weighted by molar-refractivity contribution is -0.138. The Bertz CT molecular complexity index is 936. The molecule has 152 valence electrons. The molecule has 0 aliphatic carbocycles. The van der Waals surface area contributed by atoms with Gasteiger partial charge in [-0.2, -0.15) is 13.2 Å². The minimum Gasteiger partial charge on any atom is -0.441 e. The van der Waals surface area contributed by atoms with Crippen molar-refractivity contribution in [3.05, 3.63) is 77.8 Å². The predicted molar refractivity (Wildman–Crippen MR) is 103 cm³/mol. The molecule has 2 aromatic carbocycles. The first kappa shape index (κ1) is 20.6. The summed E-state index contributed by atoms with van der Waals surface area (Å²) in [6.45, 7) is 0.156. The van der Waals surface area contributed by atoms with E-state index in [1.165, 1.54) is 12.1 Å². The van der Waals surface area contributed by atoms with E-state index in [1.54, 1.807) is 12.3 Å². The smallest absolute Gasteiger partial charge is 0.416 e. The quantitative estimate of drug-likeness (QED) is 0.574. The van der Waals surface area contributed by atoms with Gasteiger partial charge in [-0.1, -0.05) is 48.5 Å². The number of nitrogens with zero attached hydrogens (tertiary/aromatic N) is 1. The van der Waals surface area contributed by atoms with Crippen molar-refractivity contribution >= 4 is 5.91 Å². The van der Waals surface area contributed by atoms with Gasteiger partial charge in [-0.3, -0.25) is 4.79 Å². The number of hydrogen-bond donors (Lipinski definition) is 1. The summed E-state index contributed by atoms with van der Waals surface area (Å²) in [5.74, 6) is 1.02. The van der Waals surface area contributed by atoms with Gasteiger partial charge < -0.3 is 9.73 Å². The third kappa shape index (κ3) is 5.94. The number of oxazole rings is 1. The fraction of sp³-hybridized carbons (Fsp3) is 0.273. The zero-order chi connectivity index (χ0) is 20.7. The number of hydrogen-bond acceptors (Lipinski definition) is 3. The Kier molecular flexibility index (Phi) is 6.69. The van der Waals surface area contributed by atoms with Crippen molar-refractivity contribution < 1.29 is 22.4 Å². The van der Waals surface area contributed by atoms with Crippen LogP contribution in [0.2, 0.25) is 0 Å². The van der Waals surface area contributed by atoms with Crippen LogP contribution in [-0.4, -0.2) is 17.4 Å². The maximum atomic E-state index is 13.0. The normalized spacial score (nSPS) is 11.4. The van der Waals surface area contributed by atoms with Crippen molar-refractivity contribution in [2.45, 2.75) is 31.9 Å². The molecule has 0 fully saturated rings. The van der Waals surface area contributed by atoms with Gasteiger partial charge in [0.1, 0.15) is 0 Å². The molecule has 0 aliphatic heterocycles. The van der Waals surface area contributed by atoms with Gasteiger partial charge in [0.15, 0.2) is 11.7 Å². The first-order valence-electron chi connectivity index (χ1n) is 9.35. The number of aromatic nitrogens is 1. The summed E-state index contributed by atoms with van der Waals surface area (Å²) in [4.78, 5) is 16.2. The number of halogens is 3. The summed E-state index contributed by atoms with van der Waals surface area (Å²) < 4.78 is 44.6. The molecule has 1 heterocycles. The zero-order valence-electron chi connectivity index (χ0n) is 15.7. The Labute approximate surface area is 166 Å². The monoisotopic (exact) mass is 402 g/mol. The van der Waals surface area contributed by atoms with Gasteiger partial charge in [0.25, 0.3) is 0 Å². The number of aryl methyl sites for hydroxylation is 1. The first-order valence-corrected chi connectivity index (χ1v) is 9.35. The Balaban J connectivity index is 1.41. The predicted octanol–water partition coefficient (Wildman–Crippen LogP) is 5.04. The molecule has 1 amide bonds. The maximum absolute atomic E-state index is 13.0. The van der Waals surface area contributed by atoms with Gasteiger partial charge in [-0.25, -0.2) is 4.98 Å². The second-order valence-corrected chi connectivity index (χ2v) is 6.59. The highest BCUT2D eigenvalue weighted by Gasteiger charge is 2.32.